The molecule has 0 bridgehead atoms. The Bertz CT molecular complexity index is 344. The molecule has 1 aromatic rings. The van der Waals surface area contributed by atoms with Crippen molar-refractivity contribution < 1.29 is 9.47 Å². The summed E-state index contributed by atoms with van der Waals surface area (Å²) in [6.07, 6.45) is 0.799. The second-order valence-electron chi connectivity index (χ2n) is 5.24. The van der Waals surface area contributed by atoms with Gasteiger partial charge in [-0.1, -0.05) is 12.1 Å². The molecule has 3 heteroatoms. The Balaban J connectivity index is 2.47. The SMILES string of the molecule is COc1cccc(CC(N)COC(C)(C)C)c1. The molecule has 0 radical (unpaired) electrons. The van der Waals surface area contributed by atoms with Crippen molar-refractivity contribution in [3.05, 3.63) is 29.8 Å². The minimum atomic E-state index is -0.133. The number of hydrogen-bond acceptors (Lipinski definition) is 3. The highest BCUT2D eigenvalue weighted by Crippen LogP contribution is 2.14. The summed E-state index contributed by atoms with van der Waals surface area (Å²) in [5.41, 5.74) is 7.08. The van der Waals surface area contributed by atoms with Gasteiger partial charge in [0.15, 0.2) is 0 Å². The van der Waals surface area contributed by atoms with E-state index in [1.54, 1.807) is 7.11 Å². The van der Waals surface area contributed by atoms with Crippen molar-refractivity contribution in [1.29, 1.82) is 0 Å². The molecule has 0 aliphatic rings. The zero-order valence-electron chi connectivity index (χ0n) is 11.2. The molecule has 1 aromatic carbocycles. The smallest absolute Gasteiger partial charge is 0.119 e. The Morgan fingerprint density at radius 3 is 2.59 bits per heavy atom. The first kappa shape index (κ1) is 14.0. The van der Waals surface area contributed by atoms with Gasteiger partial charge in [-0.3, -0.25) is 0 Å². The standard InChI is InChI=1S/C14H23NO2/c1-14(2,3)17-10-12(15)8-11-6-5-7-13(9-11)16-4/h5-7,9,12H,8,10,15H2,1-4H3. The Kier molecular flexibility index (Phi) is 4.97. The molecule has 96 valence electrons. The van der Waals surface area contributed by atoms with Crippen molar-refractivity contribution in [1.82, 2.24) is 0 Å². The van der Waals surface area contributed by atoms with E-state index >= 15 is 0 Å². The summed E-state index contributed by atoms with van der Waals surface area (Å²) < 4.78 is 10.8. The molecule has 0 aliphatic carbocycles. The second kappa shape index (κ2) is 6.03. The van der Waals surface area contributed by atoms with Crippen molar-refractivity contribution >= 4 is 0 Å². The highest BCUT2D eigenvalue weighted by Gasteiger charge is 2.13. The van der Waals surface area contributed by atoms with Crippen molar-refractivity contribution in [2.24, 2.45) is 5.73 Å². The molecule has 1 atom stereocenters. The first-order valence-corrected chi connectivity index (χ1v) is 5.93. The largest absolute Gasteiger partial charge is 0.497 e. The fourth-order valence-corrected chi connectivity index (χ4v) is 1.52. The predicted molar refractivity (Wildman–Crippen MR) is 70.4 cm³/mol. The van der Waals surface area contributed by atoms with Crippen LogP contribution in [0.2, 0.25) is 0 Å². The summed E-state index contributed by atoms with van der Waals surface area (Å²) in [6, 6.07) is 7.99. The van der Waals surface area contributed by atoms with E-state index in [0.29, 0.717) is 6.61 Å². The molecular formula is C14H23NO2. The van der Waals surface area contributed by atoms with Gasteiger partial charge >= 0.3 is 0 Å². The van der Waals surface area contributed by atoms with Crippen LogP contribution in [0, 0.1) is 0 Å². The van der Waals surface area contributed by atoms with Crippen LogP contribution in [0.3, 0.4) is 0 Å². The van der Waals surface area contributed by atoms with E-state index in [2.05, 4.69) is 6.07 Å². The average Bonchev–Trinajstić information content (AvgIpc) is 2.26. The summed E-state index contributed by atoms with van der Waals surface area (Å²) in [5.74, 6) is 0.867. The van der Waals surface area contributed by atoms with Gasteiger partial charge < -0.3 is 15.2 Å². The lowest BCUT2D eigenvalue weighted by molar-refractivity contribution is -0.00983. The maximum atomic E-state index is 6.04. The summed E-state index contributed by atoms with van der Waals surface area (Å²) in [5, 5.41) is 0. The van der Waals surface area contributed by atoms with Crippen molar-refractivity contribution in [2.45, 2.75) is 38.8 Å². The molecule has 0 fully saturated rings. The molecule has 1 unspecified atom stereocenters. The van der Waals surface area contributed by atoms with Crippen molar-refractivity contribution in [3.63, 3.8) is 0 Å². The number of rotatable bonds is 5. The van der Waals surface area contributed by atoms with E-state index < -0.39 is 0 Å². The first-order valence-electron chi connectivity index (χ1n) is 5.93. The van der Waals surface area contributed by atoms with Crippen LogP contribution in [0.15, 0.2) is 24.3 Å². The fraction of sp³-hybridized carbons (Fsp3) is 0.571. The molecule has 0 spiro atoms. The quantitative estimate of drug-likeness (QED) is 0.855. The van der Waals surface area contributed by atoms with Gasteiger partial charge in [-0.25, -0.2) is 0 Å². The summed E-state index contributed by atoms with van der Waals surface area (Å²) in [6.45, 7) is 6.67. The summed E-state index contributed by atoms with van der Waals surface area (Å²) in [7, 11) is 1.67. The minimum Gasteiger partial charge on any atom is -0.497 e. The molecule has 0 heterocycles. The molecule has 0 aliphatic heterocycles. The lowest BCUT2D eigenvalue weighted by Crippen LogP contribution is -2.33. The first-order chi connectivity index (χ1) is 7.90. The maximum Gasteiger partial charge on any atom is 0.119 e. The molecule has 2 N–H and O–H groups in total. The zero-order valence-corrected chi connectivity index (χ0v) is 11.2. The molecule has 0 aromatic heterocycles. The lowest BCUT2D eigenvalue weighted by atomic mass is 10.1. The minimum absolute atomic E-state index is 0.0151. The van der Waals surface area contributed by atoms with E-state index in [1.807, 2.05) is 39.0 Å². The van der Waals surface area contributed by atoms with E-state index in [-0.39, 0.29) is 11.6 Å². The molecule has 0 amide bonds. The number of benzene rings is 1. The summed E-state index contributed by atoms with van der Waals surface area (Å²) in [4.78, 5) is 0. The Morgan fingerprint density at radius 1 is 1.29 bits per heavy atom. The van der Waals surface area contributed by atoms with Crippen LogP contribution in [0.25, 0.3) is 0 Å². The maximum absolute atomic E-state index is 6.04. The molecule has 17 heavy (non-hydrogen) atoms. The zero-order chi connectivity index (χ0) is 12.9. The van der Waals surface area contributed by atoms with E-state index in [9.17, 15) is 0 Å². The monoisotopic (exact) mass is 237 g/mol. The molecule has 3 nitrogen and oxygen atoms in total. The van der Waals surface area contributed by atoms with Crippen LogP contribution in [-0.4, -0.2) is 25.4 Å². The average molecular weight is 237 g/mol. The Morgan fingerprint density at radius 2 is 2.00 bits per heavy atom. The highest BCUT2D eigenvalue weighted by atomic mass is 16.5. The van der Waals surface area contributed by atoms with Crippen LogP contribution in [0.1, 0.15) is 26.3 Å². The molecular weight excluding hydrogens is 214 g/mol. The second-order valence-corrected chi connectivity index (χ2v) is 5.24. The van der Waals surface area contributed by atoms with Crippen molar-refractivity contribution in [2.75, 3.05) is 13.7 Å². The number of hydrogen-bond donors (Lipinski definition) is 1. The van der Waals surface area contributed by atoms with Gasteiger partial charge in [-0.05, 0) is 44.9 Å². The summed E-state index contributed by atoms with van der Waals surface area (Å²) >= 11 is 0. The number of ether oxygens (including phenoxy) is 2. The third-order valence-corrected chi connectivity index (χ3v) is 2.36. The van der Waals surface area contributed by atoms with Crippen molar-refractivity contribution in [3.8, 4) is 5.75 Å². The van der Waals surface area contributed by atoms with E-state index in [0.717, 1.165) is 12.2 Å². The number of nitrogens with two attached hydrogens (primary N) is 1. The van der Waals surface area contributed by atoms with Crippen LogP contribution in [0.4, 0.5) is 0 Å². The molecule has 0 saturated heterocycles. The van der Waals surface area contributed by atoms with E-state index in [4.69, 9.17) is 15.2 Å². The van der Waals surface area contributed by atoms with Crippen LogP contribution in [-0.2, 0) is 11.2 Å². The Labute approximate surface area is 104 Å². The van der Waals surface area contributed by atoms with Gasteiger partial charge in [-0.15, -0.1) is 0 Å². The van der Waals surface area contributed by atoms with Gasteiger partial charge in [-0.2, -0.15) is 0 Å². The Hall–Kier alpha value is -1.06. The van der Waals surface area contributed by atoms with Gasteiger partial charge in [0, 0.05) is 6.04 Å². The topological polar surface area (TPSA) is 44.5 Å². The van der Waals surface area contributed by atoms with Crippen LogP contribution < -0.4 is 10.5 Å². The fourth-order valence-electron chi connectivity index (χ4n) is 1.52. The number of methoxy groups -OCH3 is 1. The molecule has 1 rings (SSSR count). The van der Waals surface area contributed by atoms with E-state index in [1.165, 1.54) is 5.56 Å². The third-order valence-electron chi connectivity index (χ3n) is 2.36. The highest BCUT2D eigenvalue weighted by molar-refractivity contribution is 5.28. The normalized spacial score (nSPS) is 13.5. The van der Waals surface area contributed by atoms with Gasteiger partial charge in [0.05, 0.1) is 19.3 Å². The third kappa shape index (κ3) is 5.71. The van der Waals surface area contributed by atoms with Gasteiger partial charge in [0.2, 0.25) is 0 Å². The van der Waals surface area contributed by atoms with Gasteiger partial charge in [0.1, 0.15) is 5.75 Å². The molecule has 0 saturated carbocycles. The van der Waals surface area contributed by atoms with Crippen LogP contribution >= 0.6 is 0 Å². The van der Waals surface area contributed by atoms with Crippen LogP contribution in [0.5, 0.6) is 5.75 Å². The lowest BCUT2D eigenvalue weighted by Gasteiger charge is -2.22. The predicted octanol–water partition coefficient (Wildman–Crippen LogP) is 2.38. The van der Waals surface area contributed by atoms with Gasteiger partial charge in [0.25, 0.3) is 0 Å².